The van der Waals surface area contributed by atoms with Crippen molar-refractivity contribution in [3.8, 4) is 0 Å². The third kappa shape index (κ3) is 3.47. The predicted octanol–water partition coefficient (Wildman–Crippen LogP) is 4.46. The van der Waals surface area contributed by atoms with Crippen LogP contribution in [0.15, 0.2) is 48.5 Å². The minimum Gasteiger partial charge on any atom is -0.381 e. The normalized spacial score (nSPS) is 11.4. The summed E-state index contributed by atoms with van der Waals surface area (Å²) in [7, 11) is 0. The SMILES string of the molecule is Fc1ccccc1CNc1ccc(C(F)(F)F)cc1. The van der Waals surface area contributed by atoms with Crippen molar-refractivity contribution in [1.82, 2.24) is 0 Å². The second-order valence-electron chi connectivity index (χ2n) is 4.02. The van der Waals surface area contributed by atoms with E-state index in [9.17, 15) is 17.6 Å². The number of hydrogen-bond donors (Lipinski definition) is 1. The molecule has 1 N–H and O–H groups in total. The molecule has 19 heavy (non-hydrogen) atoms. The average molecular weight is 269 g/mol. The van der Waals surface area contributed by atoms with E-state index in [4.69, 9.17) is 0 Å². The largest absolute Gasteiger partial charge is 0.416 e. The van der Waals surface area contributed by atoms with Gasteiger partial charge in [0, 0.05) is 17.8 Å². The predicted molar refractivity (Wildman–Crippen MR) is 65.2 cm³/mol. The number of nitrogens with one attached hydrogen (secondary N) is 1. The van der Waals surface area contributed by atoms with Gasteiger partial charge in [-0.1, -0.05) is 18.2 Å². The maximum absolute atomic E-state index is 13.3. The first kappa shape index (κ1) is 13.4. The Morgan fingerprint density at radius 2 is 1.53 bits per heavy atom. The topological polar surface area (TPSA) is 12.0 Å². The van der Waals surface area contributed by atoms with E-state index >= 15 is 0 Å². The van der Waals surface area contributed by atoms with Crippen molar-refractivity contribution in [3.05, 3.63) is 65.5 Å². The van der Waals surface area contributed by atoms with Crippen LogP contribution in [0, 0.1) is 5.82 Å². The Hall–Kier alpha value is -2.04. The minimum atomic E-state index is -4.34. The van der Waals surface area contributed by atoms with Gasteiger partial charge in [0.25, 0.3) is 0 Å². The van der Waals surface area contributed by atoms with E-state index in [1.807, 2.05) is 0 Å². The first-order valence-electron chi connectivity index (χ1n) is 5.61. The molecule has 5 heteroatoms. The lowest BCUT2D eigenvalue weighted by Gasteiger charge is -2.10. The molecule has 0 aliphatic heterocycles. The summed E-state index contributed by atoms with van der Waals surface area (Å²) < 4.78 is 50.4. The van der Waals surface area contributed by atoms with Crippen molar-refractivity contribution < 1.29 is 17.6 Å². The standard InChI is InChI=1S/C14H11F4N/c15-13-4-2-1-3-10(13)9-19-12-7-5-11(6-8-12)14(16,17)18/h1-8,19H,9H2. The van der Waals surface area contributed by atoms with E-state index in [1.54, 1.807) is 18.2 Å². The molecule has 0 radical (unpaired) electrons. The van der Waals surface area contributed by atoms with E-state index < -0.39 is 11.7 Å². The first-order chi connectivity index (χ1) is 8.97. The maximum Gasteiger partial charge on any atom is 0.416 e. The molecule has 2 aromatic carbocycles. The molecule has 2 aromatic rings. The number of anilines is 1. The summed E-state index contributed by atoms with van der Waals surface area (Å²) in [6.07, 6.45) is -4.34. The molecule has 0 heterocycles. The zero-order valence-electron chi connectivity index (χ0n) is 9.84. The van der Waals surface area contributed by atoms with Gasteiger partial charge in [-0.2, -0.15) is 13.2 Å². The fraction of sp³-hybridized carbons (Fsp3) is 0.143. The van der Waals surface area contributed by atoms with Gasteiger partial charge in [-0.25, -0.2) is 4.39 Å². The lowest BCUT2D eigenvalue weighted by Crippen LogP contribution is -2.05. The van der Waals surface area contributed by atoms with E-state index in [1.165, 1.54) is 18.2 Å². The van der Waals surface area contributed by atoms with Crippen LogP contribution < -0.4 is 5.32 Å². The fourth-order valence-corrected chi connectivity index (χ4v) is 1.62. The first-order valence-corrected chi connectivity index (χ1v) is 5.61. The summed E-state index contributed by atoms with van der Waals surface area (Å²) in [6, 6.07) is 10.9. The van der Waals surface area contributed by atoms with Crippen molar-refractivity contribution in [2.75, 3.05) is 5.32 Å². The molecular weight excluding hydrogens is 258 g/mol. The zero-order chi connectivity index (χ0) is 13.9. The molecule has 0 spiro atoms. The smallest absolute Gasteiger partial charge is 0.381 e. The van der Waals surface area contributed by atoms with Crippen molar-refractivity contribution in [2.45, 2.75) is 12.7 Å². The monoisotopic (exact) mass is 269 g/mol. The van der Waals surface area contributed by atoms with Crippen LogP contribution in [0.3, 0.4) is 0 Å². The molecule has 0 unspecified atom stereocenters. The third-order valence-electron chi connectivity index (χ3n) is 2.65. The molecule has 0 saturated carbocycles. The maximum atomic E-state index is 13.3. The molecular formula is C14H11F4N. The molecule has 0 fully saturated rings. The van der Waals surface area contributed by atoms with Gasteiger partial charge in [0.05, 0.1) is 5.56 Å². The van der Waals surface area contributed by atoms with Crippen LogP contribution in [0.5, 0.6) is 0 Å². The molecule has 100 valence electrons. The van der Waals surface area contributed by atoms with E-state index in [0.717, 1.165) is 12.1 Å². The van der Waals surface area contributed by atoms with Crippen LogP contribution in [-0.2, 0) is 12.7 Å². The van der Waals surface area contributed by atoms with E-state index in [2.05, 4.69) is 5.32 Å². The lowest BCUT2D eigenvalue weighted by molar-refractivity contribution is -0.137. The Morgan fingerprint density at radius 3 is 2.11 bits per heavy atom. The summed E-state index contributed by atoms with van der Waals surface area (Å²) in [5.41, 5.74) is 0.266. The summed E-state index contributed by atoms with van der Waals surface area (Å²) in [5, 5.41) is 2.87. The summed E-state index contributed by atoms with van der Waals surface area (Å²) in [5.74, 6) is -0.345. The molecule has 0 bridgehead atoms. The Balaban J connectivity index is 2.03. The molecule has 0 aliphatic rings. The van der Waals surface area contributed by atoms with Crippen LogP contribution in [0.1, 0.15) is 11.1 Å². The van der Waals surface area contributed by atoms with Gasteiger partial charge in [0.2, 0.25) is 0 Å². The van der Waals surface area contributed by atoms with Crippen molar-refractivity contribution in [2.24, 2.45) is 0 Å². The fourth-order valence-electron chi connectivity index (χ4n) is 1.62. The van der Waals surface area contributed by atoms with Gasteiger partial charge < -0.3 is 5.32 Å². The highest BCUT2D eigenvalue weighted by atomic mass is 19.4. The Bertz CT molecular complexity index is 546. The molecule has 0 amide bonds. The van der Waals surface area contributed by atoms with E-state index in [0.29, 0.717) is 11.3 Å². The number of alkyl halides is 3. The van der Waals surface area contributed by atoms with Gasteiger partial charge in [-0.05, 0) is 30.3 Å². The Morgan fingerprint density at radius 1 is 0.895 bits per heavy atom. The Kier molecular flexibility index (Phi) is 3.74. The van der Waals surface area contributed by atoms with Gasteiger partial charge in [0.15, 0.2) is 0 Å². The van der Waals surface area contributed by atoms with Gasteiger partial charge in [-0.15, -0.1) is 0 Å². The Labute approximate surface area is 107 Å². The van der Waals surface area contributed by atoms with Crippen molar-refractivity contribution in [1.29, 1.82) is 0 Å². The zero-order valence-corrected chi connectivity index (χ0v) is 9.84. The van der Waals surface area contributed by atoms with Gasteiger partial charge in [-0.3, -0.25) is 0 Å². The van der Waals surface area contributed by atoms with Crippen LogP contribution >= 0.6 is 0 Å². The molecule has 0 saturated heterocycles. The van der Waals surface area contributed by atoms with Gasteiger partial charge in [0.1, 0.15) is 5.82 Å². The van der Waals surface area contributed by atoms with Crippen LogP contribution in [0.25, 0.3) is 0 Å². The molecule has 1 nitrogen and oxygen atoms in total. The molecule has 0 aliphatic carbocycles. The summed E-state index contributed by atoms with van der Waals surface area (Å²) in [6.45, 7) is 0.220. The average Bonchev–Trinajstić information content (AvgIpc) is 2.37. The quantitative estimate of drug-likeness (QED) is 0.811. The number of benzene rings is 2. The molecule has 0 aromatic heterocycles. The van der Waals surface area contributed by atoms with Crippen molar-refractivity contribution in [3.63, 3.8) is 0 Å². The highest BCUT2D eigenvalue weighted by Crippen LogP contribution is 2.29. The number of hydrogen-bond acceptors (Lipinski definition) is 1. The molecule has 2 rings (SSSR count). The molecule has 0 atom stereocenters. The lowest BCUT2D eigenvalue weighted by atomic mass is 10.2. The second-order valence-corrected chi connectivity index (χ2v) is 4.02. The van der Waals surface area contributed by atoms with E-state index in [-0.39, 0.29) is 12.4 Å². The number of rotatable bonds is 3. The van der Waals surface area contributed by atoms with Crippen LogP contribution in [0.2, 0.25) is 0 Å². The van der Waals surface area contributed by atoms with Crippen LogP contribution in [-0.4, -0.2) is 0 Å². The third-order valence-corrected chi connectivity index (χ3v) is 2.65. The summed E-state index contributed by atoms with van der Waals surface area (Å²) in [4.78, 5) is 0. The minimum absolute atomic E-state index is 0.220. The number of halogens is 4. The van der Waals surface area contributed by atoms with Gasteiger partial charge >= 0.3 is 6.18 Å². The highest BCUT2D eigenvalue weighted by molar-refractivity contribution is 5.45. The van der Waals surface area contributed by atoms with Crippen molar-refractivity contribution >= 4 is 5.69 Å². The van der Waals surface area contributed by atoms with Crippen LogP contribution in [0.4, 0.5) is 23.2 Å². The second kappa shape index (κ2) is 5.30. The highest BCUT2D eigenvalue weighted by Gasteiger charge is 2.29. The summed E-state index contributed by atoms with van der Waals surface area (Å²) >= 11 is 0.